The van der Waals surface area contributed by atoms with E-state index < -0.39 is 47.8 Å². The average molecular weight is 451 g/mol. The second-order valence-electron chi connectivity index (χ2n) is 9.75. The highest BCUT2D eigenvalue weighted by Crippen LogP contribution is 2.86. The van der Waals surface area contributed by atoms with E-state index in [1.54, 1.807) is 0 Å². The van der Waals surface area contributed by atoms with Crippen molar-refractivity contribution >= 4 is 47.8 Å². The molecule has 24 heavy (non-hydrogen) atoms. The van der Waals surface area contributed by atoms with Crippen molar-refractivity contribution in [2.24, 2.45) is 0 Å². The van der Waals surface area contributed by atoms with Gasteiger partial charge in [-0.1, -0.05) is 0 Å². The van der Waals surface area contributed by atoms with E-state index in [4.69, 9.17) is 16.9 Å². The molecule has 0 heterocycles. The van der Waals surface area contributed by atoms with Gasteiger partial charge in [0.15, 0.2) is 33.3 Å². The third-order valence-corrected chi connectivity index (χ3v) is 19.7. The van der Waals surface area contributed by atoms with E-state index in [0.717, 1.165) is 0 Å². The summed E-state index contributed by atoms with van der Waals surface area (Å²) < 4.78 is 51.1. The van der Waals surface area contributed by atoms with Gasteiger partial charge in [0.2, 0.25) is 0 Å². The molecule has 0 aliphatic heterocycles. The third-order valence-electron chi connectivity index (χ3n) is 1.86. The normalized spacial score (nSPS) is 15.7. The Morgan fingerprint density at radius 3 is 0.625 bits per heavy atom. The molecule has 0 rings (SSSR count). The summed E-state index contributed by atoms with van der Waals surface area (Å²) in [7, 11) is -17.4. The van der Waals surface area contributed by atoms with Crippen molar-refractivity contribution < 1.29 is 26.0 Å². The fraction of sp³-hybridized carbons (Fsp3) is 1.00. The van der Waals surface area contributed by atoms with Crippen LogP contribution in [0.4, 0.5) is 0 Å². The van der Waals surface area contributed by atoms with E-state index in [1.807, 2.05) is 78.6 Å². The van der Waals surface area contributed by atoms with Crippen LogP contribution in [0.3, 0.4) is 0 Å². The summed E-state index contributed by atoms with van der Waals surface area (Å²) in [6, 6.07) is 0. The lowest BCUT2D eigenvalue weighted by molar-refractivity contribution is 0.352. The van der Waals surface area contributed by atoms with Gasteiger partial charge in [0, 0.05) is 0 Å². The van der Waals surface area contributed by atoms with E-state index in [0.29, 0.717) is 0 Å². The summed E-state index contributed by atoms with van der Waals surface area (Å²) in [6.07, 6.45) is 0. The predicted octanol–water partition coefficient (Wildman–Crippen LogP) is 6.69. The van der Waals surface area contributed by atoms with Gasteiger partial charge in [-0.25, -0.2) is 9.13 Å². The highest BCUT2D eigenvalue weighted by atomic mass is 32.1. The third kappa shape index (κ3) is 9.75. The van der Waals surface area contributed by atoms with Gasteiger partial charge < -0.3 is 16.9 Å². The van der Waals surface area contributed by atoms with Gasteiger partial charge in [-0.2, -0.15) is 0 Å². The molecule has 0 fully saturated rings. The molecular weight excluding hydrogens is 414 g/mol. The predicted molar refractivity (Wildman–Crippen MR) is 113 cm³/mol. The summed E-state index contributed by atoms with van der Waals surface area (Å²) in [5, 5.41) is 0. The van der Waals surface area contributed by atoms with E-state index in [1.165, 1.54) is 0 Å². The quantitative estimate of drug-likeness (QED) is 0.288. The number of hydrogen-bond acceptors (Lipinski definition) is 6. The highest BCUT2D eigenvalue weighted by Gasteiger charge is 2.57. The van der Waals surface area contributed by atoms with Crippen LogP contribution in [0.25, 0.3) is 0 Å². The van der Waals surface area contributed by atoms with Crippen molar-refractivity contribution in [3.63, 3.8) is 0 Å². The molecule has 0 aromatic heterocycles. The average Bonchev–Trinajstić information content (AvgIpc) is 2.01. The molecule has 6 nitrogen and oxygen atoms in total. The van der Waals surface area contributed by atoms with E-state index in [9.17, 15) is 9.13 Å². The monoisotopic (exact) mass is 450 g/mol. The Kier molecular flexibility index (Phi) is 8.03. The first kappa shape index (κ1) is 25.2. The summed E-state index contributed by atoms with van der Waals surface area (Å²) in [4.78, 5) is 0. The molecule has 0 radical (unpaired) electrons. The fourth-order valence-electron chi connectivity index (χ4n) is 1.62. The Hall–Kier alpha value is 1.17. The molecule has 0 aliphatic carbocycles. The molecule has 0 aromatic carbocycles. The van der Waals surface area contributed by atoms with Crippen LogP contribution in [0.1, 0.15) is 0 Å². The number of rotatable bonds is 9. The molecule has 0 aromatic rings. The van der Waals surface area contributed by atoms with Crippen molar-refractivity contribution in [3.05, 3.63) is 0 Å². The first-order valence-electron chi connectivity index (χ1n) is 8.11. The topological polar surface area (TPSA) is 71.1 Å². The van der Waals surface area contributed by atoms with Gasteiger partial charge >= 0.3 is 14.6 Å². The van der Waals surface area contributed by atoms with Crippen molar-refractivity contribution in [1.29, 1.82) is 0 Å². The summed E-state index contributed by atoms with van der Waals surface area (Å²) in [5.41, 5.74) is 0. The van der Waals surface area contributed by atoms with Gasteiger partial charge in [-0.05, 0) is 78.6 Å². The first-order chi connectivity index (χ1) is 10.1. The van der Waals surface area contributed by atoms with Gasteiger partial charge in [0.05, 0.1) is 0 Å². The van der Waals surface area contributed by atoms with Crippen LogP contribution in [0.2, 0.25) is 78.6 Å². The molecule has 0 spiro atoms. The van der Waals surface area contributed by atoms with Crippen LogP contribution in [0.15, 0.2) is 0 Å². The van der Waals surface area contributed by atoms with Crippen molar-refractivity contribution in [3.8, 4) is 0 Å². The van der Waals surface area contributed by atoms with Gasteiger partial charge in [0.1, 0.15) is 0 Å². The second kappa shape index (κ2) is 7.65. The highest BCUT2D eigenvalue weighted by molar-refractivity contribution is 8.29. The molecule has 0 bridgehead atoms. The lowest BCUT2D eigenvalue weighted by Gasteiger charge is -2.38. The summed E-state index contributed by atoms with van der Waals surface area (Å²) in [5.74, 6) is 0. The van der Waals surface area contributed by atoms with Crippen LogP contribution >= 0.6 is 14.6 Å². The minimum atomic E-state index is -4.07. The summed E-state index contributed by atoms with van der Waals surface area (Å²) >= 11 is 0. The largest absolute Gasteiger partial charge is 0.420 e. The Morgan fingerprint density at radius 2 is 0.542 bits per heavy atom. The number of hydrogen-bond donors (Lipinski definition) is 0. The van der Waals surface area contributed by atoms with Crippen LogP contribution in [0, 0.1) is 0 Å². The van der Waals surface area contributed by atoms with Crippen molar-refractivity contribution in [2.75, 3.05) is 0 Å². The Balaban J connectivity index is 6.27. The molecule has 0 aliphatic rings. The van der Waals surface area contributed by atoms with Crippen LogP contribution in [-0.2, 0) is 26.0 Å². The van der Waals surface area contributed by atoms with Crippen LogP contribution in [0.5, 0.6) is 0 Å². The molecule has 0 N–H and O–H groups in total. The lowest BCUT2D eigenvalue weighted by atomic mass is 11.8. The molecule has 146 valence electrons. The van der Waals surface area contributed by atoms with Gasteiger partial charge in [-0.15, -0.1) is 0 Å². The maximum Gasteiger partial charge on any atom is 0.420 e. The van der Waals surface area contributed by atoms with Gasteiger partial charge in [0.25, 0.3) is 0 Å². The SMILES string of the molecule is C[Si](C)(C)OP(=O)(O[Si](C)(C)C)P(=O)(O[Si](C)(C)C)O[Si](C)(C)C. The second-order valence-corrected chi connectivity index (χ2v) is 34.4. The molecule has 12 heteroatoms. The fourth-order valence-corrected chi connectivity index (χ4v) is 27.7. The van der Waals surface area contributed by atoms with E-state index in [-0.39, 0.29) is 0 Å². The van der Waals surface area contributed by atoms with Crippen molar-refractivity contribution in [2.45, 2.75) is 78.6 Å². The molecule has 0 saturated heterocycles. The van der Waals surface area contributed by atoms with E-state index in [2.05, 4.69) is 0 Å². The molecular formula is C12H36O6P2Si4. The lowest BCUT2D eigenvalue weighted by Crippen LogP contribution is -2.34. The molecule has 0 amide bonds. The minimum Gasteiger partial charge on any atom is -0.343 e. The molecule has 0 saturated carbocycles. The zero-order valence-electron chi connectivity index (χ0n) is 17.3. The van der Waals surface area contributed by atoms with E-state index >= 15 is 0 Å². The maximum absolute atomic E-state index is 13.8. The smallest absolute Gasteiger partial charge is 0.343 e. The Labute approximate surface area is 152 Å². The van der Waals surface area contributed by atoms with Crippen LogP contribution in [-0.4, -0.2) is 33.3 Å². The zero-order chi connectivity index (χ0) is 19.8. The molecule has 0 atom stereocenters. The minimum absolute atomic E-state index is 1.89. The maximum atomic E-state index is 13.8. The van der Waals surface area contributed by atoms with Gasteiger partial charge in [-0.3, -0.25) is 0 Å². The Morgan fingerprint density at radius 1 is 0.417 bits per heavy atom. The van der Waals surface area contributed by atoms with Crippen molar-refractivity contribution in [1.82, 2.24) is 0 Å². The molecule has 0 unspecified atom stereocenters. The summed E-state index contributed by atoms with van der Waals surface area (Å²) in [6.45, 7) is 22.7. The Bertz CT molecular complexity index is 440. The standard InChI is InChI=1S/C12H36O6P2Si4/c1-21(2,3)15-19(13,16-22(4,5)6)20(14,17-23(7,8)9)18-24(10,11)12/h1-12H3. The zero-order valence-corrected chi connectivity index (χ0v) is 23.1. The van der Waals surface area contributed by atoms with Crippen LogP contribution < -0.4 is 0 Å². The first-order valence-corrected chi connectivity index (χ1v) is 25.5.